The van der Waals surface area contributed by atoms with Gasteiger partial charge in [0.05, 0.1) is 6.10 Å². The number of halogens is 1. The first-order valence-corrected chi connectivity index (χ1v) is 7.66. The summed E-state index contributed by atoms with van der Waals surface area (Å²) in [7, 11) is 0. The van der Waals surface area contributed by atoms with Gasteiger partial charge in [-0.15, -0.1) is 0 Å². The van der Waals surface area contributed by atoms with Crippen LogP contribution in [0.1, 0.15) is 64.7 Å². The Morgan fingerprint density at radius 3 is 2.22 bits per heavy atom. The second-order valence-electron chi connectivity index (χ2n) is 6.43. The highest BCUT2D eigenvalue weighted by atomic mass is 19.1. The summed E-state index contributed by atoms with van der Waals surface area (Å²) in [4.78, 5) is 0. The van der Waals surface area contributed by atoms with E-state index in [2.05, 4.69) is 6.92 Å². The highest BCUT2D eigenvalue weighted by Gasteiger charge is 2.46. The van der Waals surface area contributed by atoms with Crippen molar-refractivity contribution in [1.82, 2.24) is 0 Å². The first kappa shape index (κ1) is 14.3. The first-order valence-electron chi connectivity index (χ1n) is 7.66. The third kappa shape index (κ3) is 2.72. The second-order valence-corrected chi connectivity index (χ2v) is 6.43. The minimum absolute atomic E-state index is 0.139. The lowest BCUT2D eigenvalue weighted by atomic mass is 9.57. The van der Waals surface area contributed by atoms with Crippen molar-refractivity contribution in [3.8, 4) is 0 Å². The third-order valence-electron chi connectivity index (χ3n) is 5.53. The largest absolute Gasteiger partial charge is 0.393 e. The van der Waals surface area contributed by atoms with Crippen molar-refractivity contribution < 1.29 is 9.50 Å². The fourth-order valence-electron chi connectivity index (χ4n) is 4.26. The van der Waals surface area contributed by atoms with Gasteiger partial charge in [-0.05, 0) is 69.1 Å². The zero-order valence-corrected chi connectivity index (χ0v) is 11.6. The van der Waals surface area contributed by atoms with Crippen molar-refractivity contribution in [1.29, 1.82) is 0 Å². The number of nitrogens with two attached hydrogens (primary N) is 1. The molecule has 2 aliphatic carbocycles. The van der Waals surface area contributed by atoms with Crippen molar-refractivity contribution in [3.05, 3.63) is 0 Å². The van der Waals surface area contributed by atoms with Crippen LogP contribution in [0.15, 0.2) is 0 Å². The molecule has 0 aromatic heterocycles. The molecule has 2 saturated carbocycles. The Morgan fingerprint density at radius 1 is 1.17 bits per heavy atom. The van der Waals surface area contributed by atoms with Gasteiger partial charge >= 0.3 is 0 Å². The van der Waals surface area contributed by atoms with Gasteiger partial charge in [-0.1, -0.05) is 6.92 Å². The van der Waals surface area contributed by atoms with E-state index in [0.717, 1.165) is 44.9 Å². The van der Waals surface area contributed by atoms with Gasteiger partial charge in [-0.3, -0.25) is 0 Å². The fourth-order valence-corrected chi connectivity index (χ4v) is 4.26. The molecule has 0 spiro atoms. The zero-order chi connectivity index (χ0) is 13.2. The Bertz CT molecular complexity index is 255. The molecular formula is C15H28FNO. The fraction of sp³-hybridized carbons (Fsp3) is 1.00. The Labute approximate surface area is 110 Å². The van der Waals surface area contributed by atoms with E-state index in [4.69, 9.17) is 5.73 Å². The lowest BCUT2D eigenvalue weighted by molar-refractivity contribution is -0.0157. The van der Waals surface area contributed by atoms with Crippen LogP contribution in [0.4, 0.5) is 4.39 Å². The van der Waals surface area contributed by atoms with E-state index in [1.807, 2.05) is 0 Å². The molecule has 18 heavy (non-hydrogen) atoms. The topological polar surface area (TPSA) is 46.2 Å². The normalized spacial score (nSPS) is 43.7. The third-order valence-corrected chi connectivity index (χ3v) is 5.53. The molecule has 3 N–H and O–H groups in total. The Morgan fingerprint density at radius 2 is 1.72 bits per heavy atom. The molecule has 2 aliphatic rings. The maximum Gasteiger partial charge on any atom is 0.100 e. The van der Waals surface area contributed by atoms with Crippen LogP contribution in [-0.4, -0.2) is 23.4 Å². The monoisotopic (exact) mass is 257 g/mol. The van der Waals surface area contributed by atoms with Crippen LogP contribution in [0.5, 0.6) is 0 Å². The minimum Gasteiger partial charge on any atom is -0.393 e. The van der Waals surface area contributed by atoms with E-state index in [0.29, 0.717) is 18.8 Å². The summed E-state index contributed by atoms with van der Waals surface area (Å²) in [5.41, 5.74) is 6.59. The molecule has 2 nitrogen and oxygen atoms in total. The molecule has 0 saturated heterocycles. The molecule has 0 heterocycles. The molecular weight excluding hydrogens is 229 g/mol. The van der Waals surface area contributed by atoms with Crippen molar-refractivity contribution >= 4 is 0 Å². The number of aliphatic hydroxyl groups excluding tert-OH is 1. The van der Waals surface area contributed by atoms with Crippen LogP contribution < -0.4 is 5.73 Å². The van der Waals surface area contributed by atoms with Crippen LogP contribution in [0.3, 0.4) is 0 Å². The zero-order valence-electron chi connectivity index (χ0n) is 11.6. The van der Waals surface area contributed by atoms with Crippen LogP contribution in [0.2, 0.25) is 0 Å². The number of alkyl halides is 1. The maximum atomic E-state index is 13.3. The Kier molecular flexibility index (Phi) is 4.65. The summed E-state index contributed by atoms with van der Waals surface area (Å²) in [6.45, 7) is 2.15. The molecule has 0 bridgehead atoms. The quantitative estimate of drug-likeness (QED) is 0.815. The van der Waals surface area contributed by atoms with Gasteiger partial charge in [0.25, 0.3) is 0 Å². The van der Waals surface area contributed by atoms with Crippen LogP contribution in [-0.2, 0) is 0 Å². The predicted octanol–water partition coefficient (Wildman–Crippen LogP) is 3.17. The molecule has 1 unspecified atom stereocenters. The van der Waals surface area contributed by atoms with Crippen LogP contribution in [0, 0.1) is 11.3 Å². The molecule has 3 heteroatoms. The second kappa shape index (κ2) is 5.87. The molecule has 0 aromatic rings. The molecule has 2 fully saturated rings. The molecule has 0 aliphatic heterocycles. The van der Waals surface area contributed by atoms with E-state index in [1.54, 1.807) is 0 Å². The number of rotatable bonds is 3. The molecule has 0 aromatic carbocycles. The molecule has 106 valence electrons. The lowest BCUT2D eigenvalue weighted by Gasteiger charge is -2.50. The predicted molar refractivity (Wildman–Crippen MR) is 72.0 cm³/mol. The van der Waals surface area contributed by atoms with Gasteiger partial charge in [0, 0.05) is 6.04 Å². The summed E-state index contributed by atoms with van der Waals surface area (Å²) in [6, 6.07) is 0.214. The SMILES string of the molecule is CCC(N)C1(C2CCC(F)CC2)CCC(O)CC1. The lowest BCUT2D eigenvalue weighted by Crippen LogP contribution is -2.50. The Hall–Kier alpha value is -0.150. The standard InChI is InChI=1S/C15H28FNO/c1-2-14(17)15(9-7-13(18)8-10-15)11-3-5-12(16)6-4-11/h11-14,18H,2-10,17H2,1H3. The van der Waals surface area contributed by atoms with Crippen LogP contribution in [0.25, 0.3) is 0 Å². The van der Waals surface area contributed by atoms with Crippen molar-refractivity contribution in [2.75, 3.05) is 0 Å². The van der Waals surface area contributed by atoms with Gasteiger partial charge in [0.1, 0.15) is 6.17 Å². The summed E-state index contributed by atoms with van der Waals surface area (Å²) >= 11 is 0. The van der Waals surface area contributed by atoms with Crippen molar-refractivity contribution in [2.24, 2.45) is 17.1 Å². The van der Waals surface area contributed by atoms with Crippen LogP contribution >= 0.6 is 0 Å². The number of hydrogen-bond donors (Lipinski definition) is 2. The van der Waals surface area contributed by atoms with Gasteiger partial charge in [0.15, 0.2) is 0 Å². The van der Waals surface area contributed by atoms with E-state index in [1.165, 1.54) is 0 Å². The minimum atomic E-state index is -0.592. The van der Waals surface area contributed by atoms with Gasteiger partial charge in [-0.25, -0.2) is 4.39 Å². The summed E-state index contributed by atoms with van der Waals surface area (Å²) < 4.78 is 13.3. The molecule has 1 atom stereocenters. The molecule has 2 rings (SSSR count). The maximum absolute atomic E-state index is 13.3. The van der Waals surface area contributed by atoms with Gasteiger partial charge in [-0.2, -0.15) is 0 Å². The first-order chi connectivity index (χ1) is 8.58. The molecule has 0 radical (unpaired) electrons. The Balaban J connectivity index is 2.09. The summed E-state index contributed by atoms with van der Waals surface area (Å²) in [5, 5.41) is 9.74. The average molecular weight is 257 g/mol. The smallest absolute Gasteiger partial charge is 0.100 e. The van der Waals surface area contributed by atoms with Gasteiger partial charge < -0.3 is 10.8 Å². The van der Waals surface area contributed by atoms with Crippen molar-refractivity contribution in [2.45, 2.75) is 83.0 Å². The highest BCUT2D eigenvalue weighted by Crippen LogP contribution is 2.50. The van der Waals surface area contributed by atoms with E-state index < -0.39 is 6.17 Å². The van der Waals surface area contributed by atoms with E-state index in [-0.39, 0.29) is 17.6 Å². The number of aliphatic hydroxyl groups is 1. The van der Waals surface area contributed by atoms with E-state index >= 15 is 0 Å². The number of hydrogen-bond acceptors (Lipinski definition) is 2. The summed E-state index contributed by atoms with van der Waals surface area (Å²) in [5.74, 6) is 0.576. The van der Waals surface area contributed by atoms with Gasteiger partial charge in [0.2, 0.25) is 0 Å². The van der Waals surface area contributed by atoms with Crippen molar-refractivity contribution in [3.63, 3.8) is 0 Å². The van der Waals surface area contributed by atoms with E-state index in [9.17, 15) is 9.50 Å². The summed E-state index contributed by atoms with van der Waals surface area (Å²) in [6.07, 6.45) is 7.49. The molecule has 0 amide bonds. The highest BCUT2D eigenvalue weighted by molar-refractivity contribution is 4.98. The average Bonchev–Trinajstić information content (AvgIpc) is 2.40.